The summed E-state index contributed by atoms with van der Waals surface area (Å²) in [6.07, 6.45) is 0.676. The zero-order valence-corrected chi connectivity index (χ0v) is 10.3. The minimum absolute atomic E-state index is 0.0423. The summed E-state index contributed by atoms with van der Waals surface area (Å²) < 4.78 is 29.6. The van der Waals surface area contributed by atoms with Gasteiger partial charge in [-0.2, -0.15) is 0 Å². The van der Waals surface area contributed by atoms with Crippen LogP contribution in [0.15, 0.2) is 22.7 Å². The maximum Gasteiger partial charge on any atom is 0.374 e. The summed E-state index contributed by atoms with van der Waals surface area (Å²) in [5.74, 6) is -1.61. The van der Waals surface area contributed by atoms with E-state index in [0.29, 0.717) is 25.4 Å². The zero-order chi connectivity index (χ0) is 14.1. The molecule has 1 N–H and O–H groups in total. The van der Waals surface area contributed by atoms with Crippen molar-refractivity contribution in [2.45, 2.75) is 6.42 Å². The highest BCUT2D eigenvalue weighted by molar-refractivity contribution is 5.86. The molecule has 6 nitrogen and oxygen atoms in total. The molecular formula is C13H10FNO5. The monoisotopic (exact) mass is 279 g/mol. The summed E-state index contributed by atoms with van der Waals surface area (Å²) in [5, 5.41) is 12.4. The van der Waals surface area contributed by atoms with Gasteiger partial charge in [0.15, 0.2) is 11.5 Å². The van der Waals surface area contributed by atoms with Crippen molar-refractivity contribution in [3.63, 3.8) is 0 Å². The van der Waals surface area contributed by atoms with E-state index in [4.69, 9.17) is 14.6 Å². The zero-order valence-electron chi connectivity index (χ0n) is 10.3. The second-order valence-electron chi connectivity index (χ2n) is 4.18. The lowest BCUT2D eigenvalue weighted by Gasteiger charge is -2.11. The van der Waals surface area contributed by atoms with E-state index in [1.54, 1.807) is 0 Å². The first-order valence-electron chi connectivity index (χ1n) is 5.95. The van der Waals surface area contributed by atoms with Gasteiger partial charge in [0, 0.05) is 12.5 Å². The predicted octanol–water partition coefficient (Wildman–Crippen LogP) is 2.34. The molecule has 0 spiro atoms. The third-order valence-electron chi connectivity index (χ3n) is 2.84. The van der Waals surface area contributed by atoms with Crippen LogP contribution < -0.4 is 9.47 Å². The van der Waals surface area contributed by atoms with E-state index in [1.807, 2.05) is 0 Å². The lowest BCUT2D eigenvalue weighted by Crippen LogP contribution is -1.98. The quantitative estimate of drug-likeness (QED) is 0.908. The van der Waals surface area contributed by atoms with Crippen LogP contribution in [0.25, 0.3) is 11.3 Å². The summed E-state index contributed by atoms with van der Waals surface area (Å²) in [6, 6.07) is 3.84. The number of carboxylic acids is 1. The van der Waals surface area contributed by atoms with Gasteiger partial charge >= 0.3 is 5.97 Å². The van der Waals surface area contributed by atoms with E-state index < -0.39 is 11.8 Å². The number of hydrogen-bond acceptors (Lipinski definition) is 5. The lowest BCUT2D eigenvalue weighted by molar-refractivity contribution is 0.0652. The molecule has 2 aromatic rings. The Balaban J connectivity index is 2.14. The molecule has 0 saturated heterocycles. The normalized spacial score (nSPS) is 13.8. The van der Waals surface area contributed by atoms with Gasteiger partial charge in [0.25, 0.3) is 0 Å². The third kappa shape index (κ3) is 2.07. The summed E-state index contributed by atoms with van der Waals surface area (Å²) in [4.78, 5) is 10.8. The molecule has 0 atom stereocenters. The number of aromatic nitrogens is 1. The van der Waals surface area contributed by atoms with Gasteiger partial charge in [0.05, 0.1) is 18.8 Å². The first-order valence-corrected chi connectivity index (χ1v) is 5.95. The Morgan fingerprint density at radius 2 is 2.10 bits per heavy atom. The van der Waals surface area contributed by atoms with Gasteiger partial charge in [-0.1, -0.05) is 5.16 Å². The number of carbonyl (C=O) groups is 1. The Kier molecular flexibility index (Phi) is 3.02. The lowest BCUT2D eigenvalue weighted by atomic mass is 10.1. The Hall–Kier alpha value is -2.57. The molecule has 1 aromatic heterocycles. The third-order valence-corrected chi connectivity index (χ3v) is 2.84. The number of carboxylic acid groups (broad SMARTS) is 1. The van der Waals surface area contributed by atoms with Crippen LogP contribution >= 0.6 is 0 Å². The fourth-order valence-corrected chi connectivity index (χ4v) is 1.94. The van der Waals surface area contributed by atoms with Gasteiger partial charge in [-0.05, 0) is 12.1 Å². The maximum absolute atomic E-state index is 14.0. The van der Waals surface area contributed by atoms with Crippen molar-refractivity contribution >= 4 is 5.97 Å². The average molecular weight is 279 g/mol. The van der Waals surface area contributed by atoms with E-state index in [0.717, 1.165) is 6.07 Å². The SMILES string of the molecule is O=C(O)c1cc(-c2c(F)ccc3c2OCCCO3)no1. The number of halogens is 1. The van der Waals surface area contributed by atoms with Gasteiger partial charge in [-0.15, -0.1) is 0 Å². The van der Waals surface area contributed by atoms with Crippen molar-refractivity contribution < 1.29 is 28.3 Å². The molecule has 7 heteroatoms. The summed E-state index contributed by atoms with van der Waals surface area (Å²) in [5.41, 5.74) is 0.0999. The van der Waals surface area contributed by atoms with Crippen molar-refractivity contribution in [2.75, 3.05) is 13.2 Å². The number of hydrogen-bond donors (Lipinski definition) is 1. The Morgan fingerprint density at radius 3 is 2.85 bits per heavy atom. The topological polar surface area (TPSA) is 81.8 Å². The fraction of sp³-hybridized carbons (Fsp3) is 0.231. The number of rotatable bonds is 2. The minimum atomic E-state index is -1.27. The van der Waals surface area contributed by atoms with E-state index in [1.165, 1.54) is 12.1 Å². The summed E-state index contributed by atoms with van der Waals surface area (Å²) in [6.45, 7) is 0.852. The van der Waals surface area contributed by atoms with Crippen LogP contribution in [0.2, 0.25) is 0 Å². The highest BCUT2D eigenvalue weighted by Gasteiger charge is 2.23. The first kappa shape index (κ1) is 12.5. The molecule has 0 fully saturated rings. The van der Waals surface area contributed by atoms with Crippen molar-refractivity contribution in [2.24, 2.45) is 0 Å². The molecule has 0 amide bonds. The number of ether oxygens (including phenoxy) is 2. The van der Waals surface area contributed by atoms with Gasteiger partial charge in [-0.25, -0.2) is 9.18 Å². The first-order chi connectivity index (χ1) is 9.66. The highest BCUT2D eigenvalue weighted by atomic mass is 19.1. The number of benzene rings is 1. The smallest absolute Gasteiger partial charge is 0.374 e. The molecule has 104 valence electrons. The van der Waals surface area contributed by atoms with E-state index in [-0.39, 0.29) is 22.8 Å². The Labute approximate surface area is 112 Å². The van der Waals surface area contributed by atoms with E-state index in [2.05, 4.69) is 9.68 Å². The van der Waals surface area contributed by atoms with Crippen LogP contribution in [0, 0.1) is 5.82 Å². The molecular weight excluding hydrogens is 269 g/mol. The average Bonchev–Trinajstić information content (AvgIpc) is 2.78. The molecule has 0 saturated carbocycles. The van der Waals surface area contributed by atoms with Crippen LogP contribution in [-0.2, 0) is 0 Å². The van der Waals surface area contributed by atoms with E-state index >= 15 is 0 Å². The predicted molar refractivity (Wildman–Crippen MR) is 64.5 cm³/mol. The molecule has 1 aromatic carbocycles. The summed E-state index contributed by atoms with van der Waals surface area (Å²) >= 11 is 0. The van der Waals surface area contributed by atoms with Gasteiger partial charge in [0.1, 0.15) is 11.5 Å². The Morgan fingerprint density at radius 1 is 1.30 bits per heavy atom. The Bertz CT molecular complexity index is 667. The standard InChI is InChI=1S/C13H10FNO5/c14-7-2-3-9-12(19-5-1-4-18-9)11(7)8-6-10(13(16)17)20-15-8/h2-3,6H,1,4-5H2,(H,16,17). The number of aromatic carboxylic acids is 1. The van der Waals surface area contributed by atoms with Gasteiger partial charge < -0.3 is 19.1 Å². The molecule has 1 aliphatic rings. The van der Waals surface area contributed by atoms with Crippen LogP contribution in [0.3, 0.4) is 0 Å². The fourth-order valence-electron chi connectivity index (χ4n) is 1.94. The van der Waals surface area contributed by atoms with Crippen molar-refractivity contribution in [3.05, 3.63) is 29.8 Å². The molecule has 0 aliphatic carbocycles. The molecule has 0 bridgehead atoms. The van der Waals surface area contributed by atoms with Crippen LogP contribution in [0.1, 0.15) is 17.0 Å². The largest absolute Gasteiger partial charge is 0.490 e. The van der Waals surface area contributed by atoms with Gasteiger partial charge in [0.2, 0.25) is 5.76 Å². The van der Waals surface area contributed by atoms with Gasteiger partial charge in [-0.3, -0.25) is 0 Å². The van der Waals surface area contributed by atoms with Crippen molar-refractivity contribution in [3.8, 4) is 22.8 Å². The second-order valence-corrected chi connectivity index (χ2v) is 4.18. The molecule has 1 aliphatic heterocycles. The van der Waals surface area contributed by atoms with E-state index in [9.17, 15) is 9.18 Å². The molecule has 0 unspecified atom stereocenters. The van der Waals surface area contributed by atoms with Crippen LogP contribution in [0.4, 0.5) is 4.39 Å². The van der Waals surface area contributed by atoms with Crippen LogP contribution in [0.5, 0.6) is 11.5 Å². The molecule has 20 heavy (non-hydrogen) atoms. The van der Waals surface area contributed by atoms with Crippen molar-refractivity contribution in [1.29, 1.82) is 0 Å². The van der Waals surface area contributed by atoms with Crippen LogP contribution in [-0.4, -0.2) is 29.4 Å². The minimum Gasteiger partial charge on any atom is -0.490 e. The molecule has 3 rings (SSSR count). The number of nitrogens with zero attached hydrogens (tertiary/aromatic N) is 1. The second kappa shape index (κ2) is 4.84. The summed E-state index contributed by atoms with van der Waals surface area (Å²) in [7, 11) is 0. The highest BCUT2D eigenvalue weighted by Crippen LogP contribution is 2.41. The molecule has 0 radical (unpaired) electrons. The van der Waals surface area contributed by atoms with Crippen molar-refractivity contribution in [1.82, 2.24) is 5.16 Å². The number of fused-ring (bicyclic) bond motifs is 1. The molecule has 2 heterocycles. The maximum atomic E-state index is 14.0.